The number of amides is 8. The fourth-order valence-electron chi connectivity index (χ4n) is 9.10. The molecular weight excluding hydrogens is 1150 g/mol. The number of hydrogen-bond acceptors (Lipinski definition) is 14. The number of carbonyl (C=O) groups is 6. The average Bonchev–Trinajstić information content (AvgIpc) is 3.63. The largest absolute Gasteiger partial charge is 0.453 e. The van der Waals surface area contributed by atoms with Gasteiger partial charge in [0.2, 0.25) is 17.7 Å². The van der Waals surface area contributed by atoms with E-state index in [0.717, 1.165) is 22.8 Å². The highest BCUT2D eigenvalue weighted by Crippen LogP contribution is 2.23. The van der Waals surface area contributed by atoms with E-state index in [-0.39, 0.29) is 59.1 Å². The minimum atomic E-state index is -0.531. The quantitative estimate of drug-likeness (QED) is 0.0664. The molecule has 8 amide bonds. The van der Waals surface area contributed by atoms with Crippen LogP contribution in [0.3, 0.4) is 0 Å². The van der Waals surface area contributed by atoms with Crippen molar-refractivity contribution in [1.29, 1.82) is 0 Å². The maximum absolute atomic E-state index is 14.8. The molecule has 0 atom stereocenters. The van der Waals surface area contributed by atoms with E-state index in [0.29, 0.717) is 126 Å². The number of ether oxygens (including phenoxy) is 1. The summed E-state index contributed by atoms with van der Waals surface area (Å²) in [6, 6.07) is 24.6. The smallest absolute Gasteiger partial charge is 0.409 e. The number of piperazine rings is 3. The number of anilines is 6. The van der Waals surface area contributed by atoms with Crippen molar-refractivity contribution in [2.75, 3.05) is 118 Å². The molecule has 6 aromatic rings. The van der Waals surface area contributed by atoms with Gasteiger partial charge in [-0.25, -0.2) is 27.6 Å². The average molecular weight is 1220 g/mol. The van der Waals surface area contributed by atoms with Crippen molar-refractivity contribution in [3.05, 3.63) is 161 Å². The zero-order valence-electron chi connectivity index (χ0n) is 50.0. The van der Waals surface area contributed by atoms with Crippen LogP contribution in [0.1, 0.15) is 54.5 Å². The highest BCUT2D eigenvalue weighted by Gasteiger charge is 2.24. The zero-order valence-corrected chi connectivity index (χ0v) is 50.8. The summed E-state index contributed by atoms with van der Waals surface area (Å²) in [5.74, 6) is -1.20. The molecule has 3 aliphatic heterocycles. The third-order valence-corrected chi connectivity index (χ3v) is 14.0. The molecule has 9 rings (SSSR count). The summed E-state index contributed by atoms with van der Waals surface area (Å²) < 4.78 is 48.1. The molecule has 3 aliphatic rings. The number of carbonyl (C=O) groups excluding carboxylic acids is 6. The number of hydrogen-bond donors (Lipinski definition) is 6. The van der Waals surface area contributed by atoms with E-state index in [4.69, 9.17) is 5.73 Å². The lowest BCUT2D eigenvalue weighted by Gasteiger charge is -2.34. The maximum atomic E-state index is 14.8. The van der Waals surface area contributed by atoms with Gasteiger partial charge < -0.3 is 51.8 Å². The lowest BCUT2D eigenvalue weighted by Crippen LogP contribution is -2.48. The summed E-state index contributed by atoms with van der Waals surface area (Å²) in [5, 5.41) is 13.0. The Hall–Kier alpha value is -8.91. The maximum Gasteiger partial charge on any atom is 0.409 e. The van der Waals surface area contributed by atoms with Crippen LogP contribution >= 0.6 is 12.4 Å². The number of methoxy groups -OCH3 is 1. The highest BCUT2D eigenvalue weighted by molar-refractivity contribution is 6.00. The number of nitrogens with zero attached hydrogens (tertiary/aromatic N) is 9. The number of aryl methyl sites for hydroxylation is 3. The molecule has 3 saturated heterocycles. The highest BCUT2D eigenvalue weighted by atomic mass is 35.5. The molecule has 0 bridgehead atoms. The van der Waals surface area contributed by atoms with E-state index in [2.05, 4.69) is 61.0 Å². The molecule has 26 heteroatoms. The van der Waals surface area contributed by atoms with Gasteiger partial charge in [0, 0.05) is 153 Å². The van der Waals surface area contributed by atoms with Crippen molar-refractivity contribution in [1.82, 2.24) is 44.4 Å². The van der Waals surface area contributed by atoms with Gasteiger partial charge in [-0.1, -0.05) is 36.4 Å². The molecule has 466 valence electrons. The van der Waals surface area contributed by atoms with Crippen LogP contribution < -0.4 is 32.3 Å². The summed E-state index contributed by atoms with van der Waals surface area (Å²) in [7, 11) is 1.37. The van der Waals surface area contributed by atoms with Gasteiger partial charge in [-0.3, -0.25) is 44.0 Å². The van der Waals surface area contributed by atoms with Gasteiger partial charge in [-0.15, -0.1) is 12.4 Å². The lowest BCUT2D eigenvalue weighted by atomic mass is 10.1. The van der Waals surface area contributed by atoms with E-state index in [1.54, 1.807) is 114 Å². The molecule has 3 aromatic heterocycles. The van der Waals surface area contributed by atoms with Crippen LogP contribution in [0.5, 0.6) is 0 Å². The van der Waals surface area contributed by atoms with Crippen LogP contribution in [0, 0.1) is 38.2 Å². The molecule has 7 N–H and O–H groups in total. The van der Waals surface area contributed by atoms with Crippen LogP contribution in [0.25, 0.3) is 0 Å². The second-order valence-electron chi connectivity index (χ2n) is 20.6. The molecule has 3 aromatic carbocycles. The van der Waals surface area contributed by atoms with Crippen LogP contribution in [-0.2, 0) is 38.8 Å². The Morgan fingerprint density at radius 3 is 1.11 bits per heavy atom. The van der Waals surface area contributed by atoms with Crippen molar-refractivity contribution >= 4 is 82.4 Å². The fourth-order valence-corrected chi connectivity index (χ4v) is 9.10. The Morgan fingerprint density at radius 2 is 0.793 bits per heavy atom. The molecule has 0 radical (unpaired) electrons. The standard InChI is InChI=1S/2C20H24FN5O2.C13H18FN3O2.C8H10N2O.ClH/c2*1-14-6-7-17(12-22-14)23-20(28)24-18-5-3-4-16(19(18)21)13-25-8-10-26(11-9-25)15(2)27;1-19-13(18)17-7-5-16(6-8-17)9-10-3-2-4-11(15)12(10)14;1-6-3-4-8(5-9-6)10-7(2)11;/h2*3-7,12H,8-11,13H2,1-2H3,(H2,23,24,28);2-4H,5-9,15H2,1H3;3-5H,1-2H3,(H,10,11);1H. The predicted molar refractivity (Wildman–Crippen MR) is 332 cm³/mol. The van der Waals surface area contributed by atoms with Gasteiger partial charge in [0.05, 0.1) is 59.8 Å². The van der Waals surface area contributed by atoms with Gasteiger partial charge in [0.1, 0.15) is 0 Å². The van der Waals surface area contributed by atoms with E-state index < -0.39 is 23.7 Å². The number of benzene rings is 3. The van der Waals surface area contributed by atoms with E-state index >= 15 is 0 Å². The van der Waals surface area contributed by atoms with Crippen molar-refractivity contribution in [3.63, 3.8) is 0 Å². The fraction of sp³-hybridized carbons (Fsp3) is 0.361. The number of urea groups is 2. The number of aromatic nitrogens is 3. The van der Waals surface area contributed by atoms with Crippen LogP contribution in [0.15, 0.2) is 110 Å². The number of rotatable bonds is 11. The lowest BCUT2D eigenvalue weighted by molar-refractivity contribution is -0.131. The number of halogens is 4. The van der Waals surface area contributed by atoms with Crippen LogP contribution in [0.2, 0.25) is 0 Å². The van der Waals surface area contributed by atoms with E-state index in [1.165, 1.54) is 26.2 Å². The first-order valence-electron chi connectivity index (χ1n) is 27.9. The second-order valence-corrected chi connectivity index (χ2v) is 20.6. The predicted octanol–water partition coefficient (Wildman–Crippen LogP) is 8.74. The van der Waals surface area contributed by atoms with Crippen molar-refractivity contribution in [2.24, 2.45) is 0 Å². The Bertz CT molecular complexity index is 3090. The third kappa shape index (κ3) is 22.5. The summed E-state index contributed by atoms with van der Waals surface area (Å²) in [4.78, 5) is 92.8. The molecule has 0 unspecified atom stereocenters. The van der Waals surface area contributed by atoms with Crippen LogP contribution in [0.4, 0.5) is 61.7 Å². The molecular formula is C61H77ClF3N15O7. The molecule has 0 saturated carbocycles. The first kappa shape index (κ1) is 68.9. The van der Waals surface area contributed by atoms with Crippen molar-refractivity contribution in [2.45, 2.75) is 61.2 Å². The minimum Gasteiger partial charge on any atom is -0.453 e. The van der Waals surface area contributed by atoms with Crippen molar-refractivity contribution < 1.29 is 46.7 Å². The molecule has 0 spiro atoms. The summed E-state index contributed by atoms with van der Waals surface area (Å²) >= 11 is 0. The normalized spacial score (nSPS) is 14.2. The van der Waals surface area contributed by atoms with Gasteiger partial charge >= 0.3 is 18.2 Å². The van der Waals surface area contributed by atoms with Gasteiger partial charge in [0.15, 0.2) is 17.5 Å². The minimum absolute atomic E-state index is 0. The number of nitrogen functional groups attached to an aromatic ring is 1. The van der Waals surface area contributed by atoms with E-state index in [9.17, 15) is 41.9 Å². The Kier molecular flexibility index (Phi) is 27.1. The number of nitrogens with two attached hydrogens (primary N) is 1. The molecule has 3 fully saturated rings. The van der Waals surface area contributed by atoms with Gasteiger partial charge in [0.25, 0.3) is 0 Å². The summed E-state index contributed by atoms with van der Waals surface area (Å²) in [6.07, 6.45) is 4.41. The molecule has 0 aliphatic carbocycles. The number of nitrogens with one attached hydrogen (secondary N) is 5. The van der Waals surface area contributed by atoms with Crippen molar-refractivity contribution in [3.8, 4) is 0 Å². The number of pyridine rings is 3. The monoisotopic (exact) mass is 1220 g/mol. The third-order valence-electron chi connectivity index (χ3n) is 14.0. The summed E-state index contributed by atoms with van der Waals surface area (Å²) in [6.45, 7) is 19.5. The zero-order chi connectivity index (χ0) is 62.3. The van der Waals surface area contributed by atoms with E-state index in [1.807, 2.05) is 32.9 Å². The topological polar surface area (TPSA) is 256 Å². The van der Waals surface area contributed by atoms with Crippen LogP contribution in [-0.4, -0.2) is 166 Å². The molecule has 87 heavy (non-hydrogen) atoms. The molecule has 22 nitrogen and oxygen atoms in total. The molecule has 6 heterocycles. The van der Waals surface area contributed by atoms with Gasteiger partial charge in [-0.2, -0.15) is 0 Å². The Balaban J connectivity index is 0.000000221. The first-order valence-corrected chi connectivity index (χ1v) is 27.9. The SMILES string of the molecule is CC(=O)N1CCN(Cc2cccc(NC(=O)Nc3ccc(C)nc3)c2F)CC1.CC(=O)N1CCN(Cc2cccc(NC(=O)Nc3ccc(C)nc3)c2F)CC1.CC(=O)Nc1ccc(C)nc1.COC(=O)N1CCN(Cc2cccc(N)c2F)CC1.Cl. The summed E-state index contributed by atoms with van der Waals surface area (Å²) in [5.41, 5.74) is 12.0. The first-order chi connectivity index (χ1) is 41.1. The Labute approximate surface area is 511 Å². The second kappa shape index (κ2) is 34.3. The van der Waals surface area contributed by atoms with Gasteiger partial charge in [-0.05, 0) is 75.4 Å². The Morgan fingerprint density at radius 1 is 0.460 bits per heavy atom.